The predicted molar refractivity (Wildman–Crippen MR) is 150 cm³/mol. The fraction of sp³-hybridized carbons (Fsp3) is 0.548. The average molecular weight is 629 g/mol. The Morgan fingerprint density at radius 1 is 1.07 bits per heavy atom. The van der Waals surface area contributed by atoms with Gasteiger partial charge in [0, 0.05) is 6.54 Å². The molecule has 2 aliphatic heterocycles. The normalized spacial score (nSPS) is 19.6. The van der Waals surface area contributed by atoms with E-state index in [-0.39, 0.29) is 49.8 Å². The molecule has 2 aromatic carbocycles. The van der Waals surface area contributed by atoms with Gasteiger partial charge in [-0.1, -0.05) is 33.3 Å². The Hall–Kier alpha value is -3.61. The number of nitrogens with one attached hydrogen (secondary N) is 1. The van der Waals surface area contributed by atoms with Crippen LogP contribution < -0.4 is 19.5 Å². The maximum absolute atomic E-state index is 13.7. The van der Waals surface area contributed by atoms with Crippen LogP contribution in [0, 0.1) is 5.92 Å². The van der Waals surface area contributed by atoms with Crippen LogP contribution >= 0.6 is 0 Å². The second-order valence-electron chi connectivity index (χ2n) is 11.7. The average Bonchev–Trinajstić information content (AvgIpc) is 3.50. The molecular formula is C31H37F5N2O6. The Kier molecular flexibility index (Phi) is 9.67. The Morgan fingerprint density at radius 2 is 1.75 bits per heavy atom. The van der Waals surface area contributed by atoms with Crippen molar-refractivity contribution < 1.29 is 50.9 Å². The summed E-state index contributed by atoms with van der Waals surface area (Å²) in [5.74, 6) is 0.841. The van der Waals surface area contributed by atoms with Crippen molar-refractivity contribution in [2.24, 2.45) is 5.92 Å². The van der Waals surface area contributed by atoms with E-state index in [1.165, 1.54) is 0 Å². The Labute approximate surface area is 252 Å². The number of fused-ring (bicyclic) bond motifs is 1. The van der Waals surface area contributed by atoms with Crippen LogP contribution in [0.25, 0.3) is 0 Å². The molecular weight excluding hydrogens is 591 g/mol. The lowest BCUT2D eigenvalue weighted by Gasteiger charge is -2.31. The van der Waals surface area contributed by atoms with Gasteiger partial charge in [0.1, 0.15) is 11.3 Å². The smallest absolute Gasteiger partial charge is 0.427 e. The van der Waals surface area contributed by atoms with Crippen LogP contribution in [-0.4, -0.2) is 54.5 Å². The van der Waals surface area contributed by atoms with Crippen LogP contribution in [0.2, 0.25) is 0 Å². The molecule has 2 atom stereocenters. The SMILES string of the molecule is CCCc1cc(C(O)(C(F)F)C(F)(F)F)cc(CC(C)C)c1OCCCCN1C(=O)NC(C)(c2ccc3c(c2)OCO3)C1=O. The van der Waals surface area contributed by atoms with Gasteiger partial charge in [0.15, 0.2) is 11.5 Å². The number of halogens is 5. The number of ether oxygens (including phenoxy) is 3. The van der Waals surface area contributed by atoms with Crippen LogP contribution in [0.1, 0.15) is 69.2 Å². The number of urea groups is 1. The molecule has 0 aromatic heterocycles. The number of aryl methyl sites for hydroxylation is 1. The number of imide groups is 1. The number of benzene rings is 2. The van der Waals surface area contributed by atoms with E-state index in [2.05, 4.69) is 5.32 Å². The minimum atomic E-state index is -5.60. The number of rotatable bonds is 13. The molecule has 2 aliphatic rings. The lowest BCUT2D eigenvalue weighted by Crippen LogP contribution is -2.48. The number of carbonyl (C=O) groups is 2. The summed E-state index contributed by atoms with van der Waals surface area (Å²) in [6.45, 7) is 7.32. The number of aliphatic hydroxyl groups is 1. The molecule has 0 saturated carbocycles. The molecule has 4 rings (SSSR count). The van der Waals surface area contributed by atoms with Gasteiger partial charge < -0.3 is 24.6 Å². The van der Waals surface area contributed by atoms with Crippen LogP contribution in [0.3, 0.4) is 0 Å². The van der Waals surface area contributed by atoms with Gasteiger partial charge >= 0.3 is 12.2 Å². The highest BCUT2D eigenvalue weighted by atomic mass is 19.4. The molecule has 3 amide bonds. The Balaban J connectivity index is 1.46. The molecule has 13 heteroatoms. The molecule has 44 heavy (non-hydrogen) atoms. The van der Waals surface area contributed by atoms with Crippen molar-refractivity contribution in [3.8, 4) is 17.2 Å². The summed E-state index contributed by atoms with van der Waals surface area (Å²) in [6.07, 6.45) is -7.96. The number of hydrogen-bond acceptors (Lipinski definition) is 6. The predicted octanol–water partition coefficient (Wildman–Crippen LogP) is 6.21. The van der Waals surface area contributed by atoms with Gasteiger partial charge in [0.25, 0.3) is 12.3 Å². The van der Waals surface area contributed by atoms with Gasteiger partial charge in [-0.25, -0.2) is 13.6 Å². The monoisotopic (exact) mass is 628 g/mol. The third-order valence-corrected chi connectivity index (χ3v) is 7.83. The summed E-state index contributed by atoms with van der Waals surface area (Å²) in [4.78, 5) is 27.2. The lowest BCUT2D eigenvalue weighted by molar-refractivity contribution is -0.305. The maximum Gasteiger partial charge on any atom is 0.427 e. The molecule has 1 fully saturated rings. The quantitative estimate of drug-likeness (QED) is 0.156. The summed E-state index contributed by atoms with van der Waals surface area (Å²) >= 11 is 0. The number of amides is 3. The van der Waals surface area contributed by atoms with Gasteiger partial charge in [0.05, 0.1) is 6.61 Å². The molecule has 0 aliphatic carbocycles. The highest BCUT2D eigenvalue weighted by Crippen LogP contribution is 2.46. The Bertz CT molecular complexity index is 1380. The molecule has 2 heterocycles. The van der Waals surface area contributed by atoms with Gasteiger partial charge in [-0.2, -0.15) is 13.2 Å². The van der Waals surface area contributed by atoms with E-state index < -0.39 is 41.2 Å². The van der Waals surface area contributed by atoms with E-state index in [0.717, 1.165) is 17.0 Å². The molecule has 0 bridgehead atoms. The molecule has 2 unspecified atom stereocenters. The largest absolute Gasteiger partial charge is 0.493 e. The van der Waals surface area contributed by atoms with Gasteiger partial charge in [-0.05, 0) is 85.0 Å². The summed E-state index contributed by atoms with van der Waals surface area (Å²) < 4.78 is 85.2. The third kappa shape index (κ3) is 6.29. The van der Waals surface area contributed by atoms with E-state index in [4.69, 9.17) is 14.2 Å². The van der Waals surface area contributed by atoms with Crippen LogP contribution in [0.5, 0.6) is 17.2 Å². The summed E-state index contributed by atoms with van der Waals surface area (Å²) in [6, 6.07) is 6.38. The fourth-order valence-corrected chi connectivity index (χ4v) is 5.47. The second-order valence-corrected chi connectivity index (χ2v) is 11.7. The molecule has 242 valence electrons. The van der Waals surface area contributed by atoms with E-state index in [0.29, 0.717) is 42.1 Å². The molecule has 0 radical (unpaired) electrons. The standard InChI is InChI=1S/C31H37F5N2O6/c1-5-8-19-14-22(30(41,26(32)33)31(34,35)36)15-20(13-18(2)3)25(19)42-12-7-6-11-38-27(39)29(4,37-28(38)40)21-9-10-23-24(16-21)44-17-43-23/h9-10,14-16,18,26,41H,5-8,11-13,17H2,1-4H3,(H,37,40). The first-order chi connectivity index (χ1) is 20.6. The van der Waals surface area contributed by atoms with E-state index in [1.807, 2.05) is 13.8 Å². The van der Waals surface area contributed by atoms with Crippen LogP contribution in [0.4, 0.5) is 26.7 Å². The third-order valence-electron chi connectivity index (χ3n) is 7.83. The number of nitrogens with zero attached hydrogens (tertiary/aromatic N) is 1. The van der Waals surface area contributed by atoms with Crippen molar-refractivity contribution in [1.82, 2.24) is 10.2 Å². The fourth-order valence-electron chi connectivity index (χ4n) is 5.47. The van der Waals surface area contributed by atoms with Crippen molar-refractivity contribution in [2.75, 3.05) is 19.9 Å². The van der Waals surface area contributed by atoms with Gasteiger partial charge in [-0.15, -0.1) is 0 Å². The topological polar surface area (TPSA) is 97.3 Å². The molecule has 1 saturated heterocycles. The molecule has 2 aromatic rings. The summed E-state index contributed by atoms with van der Waals surface area (Å²) in [7, 11) is 0. The summed E-state index contributed by atoms with van der Waals surface area (Å²) in [5.41, 5.74) is -5.42. The number of unbranched alkanes of at least 4 members (excludes halogenated alkanes) is 1. The highest BCUT2D eigenvalue weighted by Gasteiger charge is 2.62. The first kappa shape index (κ1) is 33.3. The van der Waals surface area contributed by atoms with Crippen LogP contribution in [0.15, 0.2) is 30.3 Å². The van der Waals surface area contributed by atoms with Crippen molar-refractivity contribution in [1.29, 1.82) is 0 Å². The van der Waals surface area contributed by atoms with Crippen molar-refractivity contribution >= 4 is 11.9 Å². The molecule has 8 nitrogen and oxygen atoms in total. The first-order valence-corrected chi connectivity index (χ1v) is 14.5. The zero-order valence-corrected chi connectivity index (χ0v) is 25.0. The highest BCUT2D eigenvalue weighted by molar-refractivity contribution is 6.07. The molecule has 2 N–H and O–H groups in total. The van der Waals surface area contributed by atoms with Crippen molar-refractivity contribution in [2.45, 2.75) is 83.5 Å². The van der Waals surface area contributed by atoms with Gasteiger partial charge in [-0.3, -0.25) is 9.69 Å². The van der Waals surface area contributed by atoms with Crippen molar-refractivity contribution in [3.63, 3.8) is 0 Å². The maximum atomic E-state index is 13.7. The minimum absolute atomic E-state index is 0.0497. The molecule has 0 spiro atoms. The Morgan fingerprint density at radius 3 is 2.39 bits per heavy atom. The van der Waals surface area contributed by atoms with E-state index >= 15 is 0 Å². The first-order valence-electron chi connectivity index (χ1n) is 14.5. The number of hydrogen-bond donors (Lipinski definition) is 2. The minimum Gasteiger partial charge on any atom is -0.493 e. The van der Waals surface area contributed by atoms with Gasteiger partial charge in [0.2, 0.25) is 12.4 Å². The zero-order chi connectivity index (χ0) is 32.4. The van der Waals surface area contributed by atoms with Crippen molar-refractivity contribution in [3.05, 3.63) is 52.6 Å². The summed E-state index contributed by atoms with van der Waals surface area (Å²) in [5, 5.41) is 12.9. The number of alkyl halides is 5. The van der Waals surface area contributed by atoms with E-state index in [9.17, 15) is 36.6 Å². The van der Waals surface area contributed by atoms with Crippen LogP contribution in [-0.2, 0) is 28.8 Å². The lowest BCUT2D eigenvalue weighted by atomic mass is 9.87. The second kappa shape index (κ2) is 12.8. The zero-order valence-electron chi connectivity index (χ0n) is 25.0. The number of carbonyl (C=O) groups excluding carboxylic acids is 2. The van der Waals surface area contributed by atoms with E-state index in [1.54, 1.807) is 32.0 Å².